The maximum absolute atomic E-state index is 12.1. The van der Waals surface area contributed by atoms with E-state index in [2.05, 4.69) is 15.6 Å². The van der Waals surface area contributed by atoms with Crippen LogP contribution in [-0.4, -0.2) is 36.7 Å². The minimum atomic E-state index is -0.193. The van der Waals surface area contributed by atoms with Gasteiger partial charge in [-0.2, -0.15) is 0 Å². The van der Waals surface area contributed by atoms with Crippen molar-refractivity contribution in [1.82, 2.24) is 10.3 Å². The predicted molar refractivity (Wildman–Crippen MR) is 74.7 cm³/mol. The zero-order valence-corrected chi connectivity index (χ0v) is 11.7. The number of amides is 1. The number of hydrogen-bond acceptors (Lipinski definition) is 4. The molecular weight excluding hydrogens is 266 g/mol. The minimum absolute atomic E-state index is 0.123. The average Bonchev–Trinajstić information content (AvgIpc) is 2.92. The Bertz CT molecular complexity index is 448. The van der Waals surface area contributed by atoms with E-state index in [1.165, 1.54) is 6.20 Å². The molecule has 1 unspecified atom stereocenters. The van der Waals surface area contributed by atoms with Gasteiger partial charge in [0.25, 0.3) is 5.91 Å². The number of carbonyl (C=O) groups excluding carboxylic acids is 1. The fourth-order valence-corrected chi connectivity index (χ4v) is 2.19. The molecule has 1 aliphatic heterocycles. The molecule has 19 heavy (non-hydrogen) atoms. The van der Waals surface area contributed by atoms with Crippen LogP contribution in [0.2, 0.25) is 5.02 Å². The number of halogens is 1. The summed E-state index contributed by atoms with van der Waals surface area (Å²) in [5.74, 6) is 0.455. The largest absolute Gasteiger partial charge is 0.376 e. The van der Waals surface area contributed by atoms with Crippen LogP contribution in [0.4, 0.5) is 5.82 Å². The van der Waals surface area contributed by atoms with Crippen LogP contribution in [0.3, 0.4) is 0 Å². The SMILES string of the molecule is CCNc1cc(C(=O)NCC2CCCO2)c(Cl)cn1. The van der Waals surface area contributed by atoms with Gasteiger partial charge in [0.2, 0.25) is 0 Å². The third-order valence-electron chi connectivity index (χ3n) is 2.97. The van der Waals surface area contributed by atoms with Gasteiger partial charge >= 0.3 is 0 Å². The van der Waals surface area contributed by atoms with E-state index in [1.54, 1.807) is 6.07 Å². The number of anilines is 1. The molecular formula is C13H18ClN3O2. The number of carbonyl (C=O) groups is 1. The van der Waals surface area contributed by atoms with E-state index in [-0.39, 0.29) is 12.0 Å². The zero-order valence-electron chi connectivity index (χ0n) is 10.9. The van der Waals surface area contributed by atoms with Crippen molar-refractivity contribution < 1.29 is 9.53 Å². The van der Waals surface area contributed by atoms with Gasteiger partial charge in [-0.05, 0) is 25.8 Å². The molecule has 1 fully saturated rings. The highest BCUT2D eigenvalue weighted by atomic mass is 35.5. The Kier molecular flexibility index (Phi) is 4.99. The lowest BCUT2D eigenvalue weighted by Gasteiger charge is -2.12. The fourth-order valence-electron chi connectivity index (χ4n) is 2.00. The summed E-state index contributed by atoms with van der Waals surface area (Å²) in [6, 6.07) is 1.66. The van der Waals surface area contributed by atoms with Crippen molar-refractivity contribution in [3.63, 3.8) is 0 Å². The van der Waals surface area contributed by atoms with Crippen LogP contribution in [0.5, 0.6) is 0 Å². The summed E-state index contributed by atoms with van der Waals surface area (Å²) in [5.41, 5.74) is 0.436. The highest BCUT2D eigenvalue weighted by molar-refractivity contribution is 6.33. The van der Waals surface area contributed by atoms with Crippen LogP contribution in [0.15, 0.2) is 12.3 Å². The van der Waals surface area contributed by atoms with Gasteiger partial charge in [-0.1, -0.05) is 11.6 Å². The molecule has 1 atom stereocenters. The van der Waals surface area contributed by atoms with Gasteiger partial charge in [0.15, 0.2) is 0 Å². The van der Waals surface area contributed by atoms with Gasteiger partial charge in [0, 0.05) is 25.9 Å². The van der Waals surface area contributed by atoms with Crippen molar-refractivity contribution in [1.29, 1.82) is 0 Å². The summed E-state index contributed by atoms with van der Waals surface area (Å²) in [6.07, 6.45) is 3.66. The van der Waals surface area contributed by atoms with Gasteiger partial charge in [-0.25, -0.2) is 4.98 Å². The monoisotopic (exact) mass is 283 g/mol. The van der Waals surface area contributed by atoms with Crippen molar-refractivity contribution in [2.75, 3.05) is 25.0 Å². The van der Waals surface area contributed by atoms with Crippen molar-refractivity contribution in [2.24, 2.45) is 0 Å². The number of pyridine rings is 1. The van der Waals surface area contributed by atoms with Crippen molar-refractivity contribution in [3.8, 4) is 0 Å². The summed E-state index contributed by atoms with van der Waals surface area (Å²) in [7, 11) is 0. The first kappa shape index (κ1) is 14.1. The smallest absolute Gasteiger partial charge is 0.253 e. The van der Waals surface area contributed by atoms with E-state index in [0.29, 0.717) is 22.9 Å². The molecule has 0 spiro atoms. The highest BCUT2D eigenvalue weighted by Gasteiger charge is 2.18. The number of aromatic nitrogens is 1. The third-order valence-corrected chi connectivity index (χ3v) is 3.27. The van der Waals surface area contributed by atoms with Crippen LogP contribution < -0.4 is 10.6 Å². The maximum atomic E-state index is 12.1. The first-order chi connectivity index (χ1) is 9.20. The molecule has 2 N–H and O–H groups in total. The second-order valence-electron chi connectivity index (χ2n) is 4.42. The van der Waals surface area contributed by atoms with Gasteiger partial charge in [-0.3, -0.25) is 4.79 Å². The Morgan fingerprint density at radius 1 is 1.63 bits per heavy atom. The van der Waals surface area contributed by atoms with Gasteiger partial charge < -0.3 is 15.4 Å². The number of nitrogens with one attached hydrogen (secondary N) is 2. The average molecular weight is 284 g/mol. The summed E-state index contributed by atoms with van der Waals surface area (Å²) < 4.78 is 5.46. The molecule has 0 bridgehead atoms. The molecule has 6 heteroatoms. The third kappa shape index (κ3) is 3.81. The Morgan fingerprint density at radius 3 is 3.16 bits per heavy atom. The molecule has 2 rings (SSSR count). The summed E-state index contributed by atoms with van der Waals surface area (Å²) >= 11 is 6.00. The summed E-state index contributed by atoms with van der Waals surface area (Å²) in [5, 5.41) is 6.25. The molecule has 104 valence electrons. The lowest BCUT2D eigenvalue weighted by atomic mass is 10.2. The molecule has 0 radical (unpaired) electrons. The van der Waals surface area contributed by atoms with Crippen LogP contribution in [0, 0.1) is 0 Å². The lowest BCUT2D eigenvalue weighted by Crippen LogP contribution is -2.32. The second-order valence-corrected chi connectivity index (χ2v) is 4.83. The van der Waals surface area contributed by atoms with E-state index >= 15 is 0 Å². The van der Waals surface area contributed by atoms with Gasteiger partial charge in [-0.15, -0.1) is 0 Å². The van der Waals surface area contributed by atoms with Crippen molar-refractivity contribution in [3.05, 3.63) is 22.8 Å². The normalized spacial score (nSPS) is 18.3. The van der Waals surface area contributed by atoms with Gasteiger partial charge in [0.1, 0.15) is 5.82 Å². The van der Waals surface area contributed by atoms with Crippen LogP contribution in [0.1, 0.15) is 30.1 Å². The molecule has 0 aromatic carbocycles. The number of rotatable bonds is 5. The molecule has 2 heterocycles. The second kappa shape index (κ2) is 6.73. The first-order valence-corrected chi connectivity index (χ1v) is 6.87. The summed E-state index contributed by atoms with van der Waals surface area (Å²) in [6.45, 7) is 4.01. The van der Waals surface area contributed by atoms with E-state index in [0.717, 1.165) is 26.0 Å². The molecule has 0 saturated carbocycles. The Labute approximate surface area is 117 Å². The van der Waals surface area contributed by atoms with E-state index in [4.69, 9.17) is 16.3 Å². The van der Waals surface area contributed by atoms with Crippen molar-refractivity contribution >= 4 is 23.3 Å². The predicted octanol–water partition coefficient (Wildman–Crippen LogP) is 2.08. The van der Waals surface area contributed by atoms with Crippen molar-refractivity contribution in [2.45, 2.75) is 25.9 Å². The van der Waals surface area contributed by atoms with E-state index < -0.39 is 0 Å². The Morgan fingerprint density at radius 2 is 2.47 bits per heavy atom. The maximum Gasteiger partial charge on any atom is 0.253 e. The molecule has 1 amide bonds. The summed E-state index contributed by atoms with van der Waals surface area (Å²) in [4.78, 5) is 16.2. The Hall–Kier alpha value is -1.33. The molecule has 5 nitrogen and oxygen atoms in total. The van der Waals surface area contributed by atoms with E-state index in [1.807, 2.05) is 6.92 Å². The lowest BCUT2D eigenvalue weighted by molar-refractivity contribution is 0.0858. The van der Waals surface area contributed by atoms with E-state index in [9.17, 15) is 4.79 Å². The molecule has 1 aromatic rings. The Balaban J connectivity index is 1.98. The standard InChI is InChI=1S/C13H18ClN3O2/c1-2-15-12-6-10(11(14)8-16-12)13(18)17-7-9-4-3-5-19-9/h6,8-9H,2-5,7H2,1H3,(H,15,16)(H,17,18). The zero-order chi connectivity index (χ0) is 13.7. The first-order valence-electron chi connectivity index (χ1n) is 6.50. The van der Waals surface area contributed by atoms with Gasteiger partial charge in [0.05, 0.1) is 16.7 Å². The topological polar surface area (TPSA) is 63.2 Å². The van der Waals surface area contributed by atoms with Crippen LogP contribution >= 0.6 is 11.6 Å². The minimum Gasteiger partial charge on any atom is -0.376 e. The molecule has 1 aromatic heterocycles. The molecule has 0 aliphatic carbocycles. The molecule has 1 saturated heterocycles. The number of ether oxygens (including phenoxy) is 1. The fraction of sp³-hybridized carbons (Fsp3) is 0.538. The van der Waals surface area contributed by atoms with Crippen LogP contribution in [0.25, 0.3) is 0 Å². The van der Waals surface area contributed by atoms with Crippen LogP contribution in [-0.2, 0) is 4.74 Å². The highest BCUT2D eigenvalue weighted by Crippen LogP contribution is 2.18. The quantitative estimate of drug-likeness (QED) is 0.868. The number of hydrogen-bond donors (Lipinski definition) is 2. The molecule has 1 aliphatic rings. The number of nitrogens with zero attached hydrogens (tertiary/aromatic N) is 1.